The minimum absolute atomic E-state index is 0.0833. The van der Waals surface area contributed by atoms with Crippen LogP contribution in [0.3, 0.4) is 0 Å². The molecule has 0 aromatic heterocycles. The molecule has 9 nitrogen and oxygen atoms in total. The molecule has 0 bridgehead atoms. The minimum Gasteiger partial charge on any atom is -0.478 e. The Kier molecular flexibility index (Phi) is 9.50. The fourth-order valence-corrected chi connectivity index (χ4v) is 2.50. The highest BCUT2D eigenvalue weighted by molar-refractivity contribution is 5.91. The molecule has 0 amide bonds. The molecule has 4 aromatic rings. The van der Waals surface area contributed by atoms with E-state index in [-0.39, 0.29) is 11.1 Å². The standard InChI is InChI=1S/C12H12N2O.C8H6O4.C6H8N2/c13-9-4-6-11(7-5-9)15-12-3-1-2-10(14)8-12;9-7(10)5-1-2-6(4-3-5)8(11)12;7-5-1-2-6(8)4-3-5/h1-8H,13-14H2;1-4H,(H,9,10)(H,11,12);1-4H,7-8H2. The molecule has 0 heterocycles. The number of hydrogen-bond donors (Lipinski definition) is 6. The molecule has 0 aliphatic carbocycles. The normalized spacial score (nSPS) is 9.49. The second kappa shape index (κ2) is 12.8. The molecule has 0 atom stereocenters. The number of anilines is 4. The highest BCUT2D eigenvalue weighted by atomic mass is 16.5. The molecule has 9 heteroatoms. The maximum Gasteiger partial charge on any atom is 0.335 e. The summed E-state index contributed by atoms with van der Waals surface area (Å²) in [5, 5.41) is 16.9. The predicted octanol–water partition coefficient (Wildman–Crippen LogP) is 4.58. The van der Waals surface area contributed by atoms with Crippen molar-refractivity contribution in [3.63, 3.8) is 0 Å². The van der Waals surface area contributed by atoms with Crippen molar-refractivity contribution < 1.29 is 24.5 Å². The first-order valence-electron chi connectivity index (χ1n) is 10.2. The molecule has 35 heavy (non-hydrogen) atoms. The number of rotatable bonds is 4. The van der Waals surface area contributed by atoms with Crippen molar-refractivity contribution >= 4 is 34.7 Å². The number of ether oxygens (including phenoxy) is 1. The third-order valence-electron chi connectivity index (χ3n) is 4.29. The zero-order valence-electron chi connectivity index (χ0n) is 18.7. The Labute approximate surface area is 202 Å². The maximum absolute atomic E-state index is 10.3. The van der Waals surface area contributed by atoms with Gasteiger partial charge in [0.25, 0.3) is 0 Å². The van der Waals surface area contributed by atoms with Gasteiger partial charge in [0.1, 0.15) is 11.5 Å². The van der Waals surface area contributed by atoms with Crippen LogP contribution in [-0.4, -0.2) is 22.2 Å². The summed E-state index contributed by atoms with van der Waals surface area (Å²) in [6.45, 7) is 0. The first kappa shape index (κ1) is 26.1. The Morgan fingerprint density at radius 2 is 0.914 bits per heavy atom. The van der Waals surface area contributed by atoms with Gasteiger partial charge in [-0.3, -0.25) is 0 Å². The molecule has 10 N–H and O–H groups in total. The molecule has 0 aliphatic rings. The lowest BCUT2D eigenvalue weighted by molar-refractivity contribution is 0.0681. The molecule has 0 aliphatic heterocycles. The number of benzene rings is 4. The van der Waals surface area contributed by atoms with Gasteiger partial charge in [-0.15, -0.1) is 0 Å². The Morgan fingerprint density at radius 1 is 0.514 bits per heavy atom. The third kappa shape index (κ3) is 9.46. The van der Waals surface area contributed by atoms with Crippen LogP contribution in [0.4, 0.5) is 22.7 Å². The van der Waals surface area contributed by atoms with Crippen LogP contribution in [0.1, 0.15) is 20.7 Å². The quantitative estimate of drug-likeness (QED) is 0.230. The largest absolute Gasteiger partial charge is 0.478 e. The van der Waals surface area contributed by atoms with Gasteiger partial charge < -0.3 is 37.9 Å². The number of carboxylic acids is 2. The van der Waals surface area contributed by atoms with E-state index in [0.717, 1.165) is 28.6 Å². The fraction of sp³-hybridized carbons (Fsp3) is 0. The smallest absolute Gasteiger partial charge is 0.335 e. The molecule has 4 aromatic carbocycles. The van der Waals surface area contributed by atoms with Crippen LogP contribution >= 0.6 is 0 Å². The second-order valence-corrected chi connectivity index (χ2v) is 7.10. The molecule has 0 spiro atoms. The minimum atomic E-state index is -1.06. The number of nitrogen functional groups attached to an aromatic ring is 4. The van der Waals surface area contributed by atoms with Gasteiger partial charge in [-0.25, -0.2) is 9.59 Å². The fourth-order valence-electron chi connectivity index (χ4n) is 2.50. The molecule has 0 saturated carbocycles. The van der Waals surface area contributed by atoms with E-state index in [0.29, 0.717) is 5.69 Å². The molecular weight excluding hydrogens is 448 g/mol. The van der Waals surface area contributed by atoms with Gasteiger partial charge in [-0.1, -0.05) is 6.07 Å². The number of nitrogens with two attached hydrogens (primary N) is 4. The van der Waals surface area contributed by atoms with E-state index >= 15 is 0 Å². The number of carboxylic acid groups (broad SMARTS) is 2. The molecule has 0 saturated heterocycles. The zero-order chi connectivity index (χ0) is 25.8. The van der Waals surface area contributed by atoms with Gasteiger partial charge in [0.15, 0.2) is 0 Å². The highest BCUT2D eigenvalue weighted by Crippen LogP contribution is 2.23. The Hall–Kier alpha value is -5.18. The van der Waals surface area contributed by atoms with E-state index in [1.807, 2.05) is 30.3 Å². The van der Waals surface area contributed by atoms with E-state index in [1.165, 1.54) is 24.3 Å². The lowest BCUT2D eigenvalue weighted by Gasteiger charge is -2.06. The maximum atomic E-state index is 10.3. The SMILES string of the molecule is Nc1ccc(N)cc1.Nc1ccc(Oc2cccc(N)c2)cc1.O=C(O)c1ccc(C(=O)O)cc1. The third-order valence-corrected chi connectivity index (χ3v) is 4.29. The monoisotopic (exact) mass is 474 g/mol. The van der Waals surface area contributed by atoms with Gasteiger partial charge in [-0.05, 0) is 84.9 Å². The van der Waals surface area contributed by atoms with Crippen LogP contribution in [0, 0.1) is 0 Å². The van der Waals surface area contributed by atoms with Crippen LogP contribution in [0.5, 0.6) is 11.5 Å². The molecular formula is C26H26N4O5. The van der Waals surface area contributed by atoms with E-state index in [4.69, 9.17) is 37.9 Å². The Bertz CT molecular complexity index is 1190. The molecule has 0 radical (unpaired) electrons. The number of carbonyl (C=O) groups is 2. The summed E-state index contributed by atoms with van der Waals surface area (Å²) >= 11 is 0. The van der Waals surface area contributed by atoms with Crippen LogP contribution in [-0.2, 0) is 0 Å². The van der Waals surface area contributed by atoms with Gasteiger partial charge in [0.2, 0.25) is 0 Å². The lowest BCUT2D eigenvalue weighted by Crippen LogP contribution is -1.99. The van der Waals surface area contributed by atoms with Crippen molar-refractivity contribution in [3.8, 4) is 11.5 Å². The molecule has 0 unspecified atom stereocenters. The van der Waals surface area contributed by atoms with E-state index in [1.54, 1.807) is 42.5 Å². The van der Waals surface area contributed by atoms with Crippen molar-refractivity contribution in [2.24, 2.45) is 0 Å². The van der Waals surface area contributed by atoms with E-state index < -0.39 is 11.9 Å². The summed E-state index contributed by atoms with van der Waals surface area (Å²) in [5.74, 6) is -0.659. The second-order valence-electron chi connectivity index (χ2n) is 7.10. The number of hydrogen-bond acceptors (Lipinski definition) is 7. The first-order valence-corrected chi connectivity index (χ1v) is 10.2. The Balaban J connectivity index is 0.000000194. The van der Waals surface area contributed by atoms with E-state index in [2.05, 4.69) is 0 Å². The van der Waals surface area contributed by atoms with Crippen molar-refractivity contribution in [2.75, 3.05) is 22.9 Å². The highest BCUT2D eigenvalue weighted by Gasteiger charge is 2.04. The molecule has 180 valence electrons. The van der Waals surface area contributed by atoms with Gasteiger partial charge in [0.05, 0.1) is 11.1 Å². The van der Waals surface area contributed by atoms with E-state index in [9.17, 15) is 9.59 Å². The summed E-state index contributed by atoms with van der Waals surface area (Å²) < 4.78 is 5.58. The number of aromatic carboxylic acids is 2. The van der Waals surface area contributed by atoms with Crippen LogP contribution in [0.15, 0.2) is 97.1 Å². The average Bonchev–Trinajstić information content (AvgIpc) is 2.83. The Morgan fingerprint density at radius 3 is 1.29 bits per heavy atom. The van der Waals surface area contributed by atoms with Crippen LogP contribution in [0.25, 0.3) is 0 Å². The van der Waals surface area contributed by atoms with Crippen LogP contribution in [0.2, 0.25) is 0 Å². The van der Waals surface area contributed by atoms with Gasteiger partial charge in [0, 0.05) is 28.8 Å². The summed E-state index contributed by atoms with van der Waals surface area (Å²) in [6, 6.07) is 26.6. The summed E-state index contributed by atoms with van der Waals surface area (Å²) in [6.07, 6.45) is 0. The first-order chi connectivity index (χ1) is 16.6. The topological polar surface area (TPSA) is 188 Å². The zero-order valence-corrected chi connectivity index (χ0v) is 18.7. The van der Waals surface area contributed by atoms with Crippen molar-refractivity contribution in [2.45, 2.75) is 0 Å². The molecule has 0 fully saturated rings. The average molecular weight is 475 g/mol. The molecule has 4 rings (SSSR count). The lowest BCUT2D eigenvalue weighted by atomic mass is 10.1. The van der Waals surface area contributed by atoms with Crippen molar-refractivity contribution in [1.82, 2.24) is 0 Å². The van der Waals surface area contributed by atoms with Gasteiger partial charge >= 0.3 is 11.9 Å². The summed E-state index contributed by atoms with van der Waals surface area (Å²) in [5.41, 5.74) is 25.0. The van der Waals surface area contributed by atoms with Crippen LogP contribution < -0.4 is 27.7 Å². The van der Waals surface area contributed by atoms with Crippen molar-refractivity contribution in [1.29, 1.82) is 0 Å². The van der Waals surface area contributed by atoms with Crippen molar-refractivity contribution in [3.05, 3.63) is 108 Å². The summed E-state index contributed by atoms with van der Waals surface area (Å²) in [4.78, 5) is 20.7. The van der Waals surface area contributed by atoms with Gasteiger partial charge in [-0.2, -0.15) is 0 Å². The summed E-state index contributed by atoms with van der Waals surface area (Å²) in [7, 11) is 0. The predicted molar refractivity (Wildman–Crippen MR) is 137 cm³/mol.